The number of hydrogen-bond acceptors (Lipinski definition) is 4. The lowest BCUT2D eigenvalue weighted by Crippen LogP contribution is -2.24. The quantitative estimate of drug-likeness (QED) is 0.770. The Morgan fingerprint density at radius 1 is 1.47 bits per heavy atom. The van der Waals surface area contributed by atoms with Crippen LogP contribution in [0.4, 0.5) is 5.82 Å². The third kappa shape index (κ3) is 4.88. The molecule has 1 rings (SSSR count). The first-order valence-corrected chi connectivity index (χ1v) is 6.16. The molecule has 0 fully saturated rings. The molecule has 0 bridgehead atoms. The van der Waals surface area contributed by atoms with Crippen molar-refractivity contribution in [2.45, 2.75) is 33.6 Å². The molecule has 0 saturated heterocycles. The molecule has 0 unspecified atom stereocenters. The first kappa shape index (κ1) is 14.2. The van der Waals surface area contributed by atoms with E-state index in [0.717, 1.165) is 30.8 Å². The maximum atomic E-state index is 8.84. The molecule has 0 amide bonds. The third-order valence-electron chi connectivity index (χ3n) is 2.69. The summed E-state index contributed by atoms with van der Waals surface area (Å²) in [5.74, 6) is 0.780. The molecule has 1 aromatic rings. The molecule has 17 heavy (non-hydrogen) atoms. The summed E-state index contributed by atoms with van der Waals surface area (Å²) < 4.78 is 0. The number of hydrogen-bond donors (Lipinski definition) is 2. The van der Waals surface area contributed by atoms with Gasteiger partial charge in [-0.25, -0.2) is 9.97 Å². The summed E-state index contributed by atoms with van der Waals surface area (Å²) in [7, 11) is 0. The fourth-order valence-corrected chi connectivity index (χ4v) is 1.70. The molecule has 0 aromatic carbocycles. The Hall–Kier alpha value is -0.870. The van der Waals surface area contributed by atoms with E-state index in [1.54, 1.807) is 6.20 Å². The Morgan fingerprint density at radius 3 is 2.82 bits per heavy atom. The lowest BCUT2D eigenvalue weighted by Gasteiger charge is -2.25. The number of nitrogens with zero attached hydrogens (tertiary/aromatic N) is 2. The Bertz CT molecular complexity index is 369. The highest BCUT2D eigenvalue weighted by Crippen LogP contribution is 2.23. The molecule has 0 spiro atoms. The number of halogens is 1. The molecule has 0 atom stereocenters. The molecule has 0 radical (unpaired) electrons. The molecule has 1 aromatic heterocycles. The van der Waals surface area contributed by atoms with Gasteiger partial charge in [0.25, 0.3) is 0 Å². The maximum absolute atomic E-state index is 8.84. The number of aliphatic hydroxyl groups is 1. The van der Waals surface area contributed by atoms with E-state index in [9.17, 15) is 0 Å². The number of aliphatic hydroxyl groups excluding tert-OH is 1. The van der Waals surface area contributed by atoms with Crippen LogP contribution in [-0.4, -0.2) is 28.2 Å². The monoisotopic (exact) mass is 257 g/mol. The van der Waals surface area contributed by atoms with Crippen molar-refractivity contribution in [3.63, 3.8) is 0 Å². The zero-order chi connectivity index (χ0) is 12.9. The highest BCUT2D eigenvalue weighted by Gasteiger charge is 2.17. The minimum absolute atomic E-state index is 0.118. The van der Waals surface area contributed by atoms with E-state index in [4.69, 9.17) is 16.7 Å². The van der Waals surface area contributed by atoms with Crippen molar-refractivity contribution in [1.82, 2.24) is 9.97 Å². The minimum Gasteiger partial charge on any atom is -0.396 e. The molecular weight excluding hydrogens is 238 g/mol. The fraction of sp³-hybridized carbons (Fsp3) is 0.667. The zero-order valence-electron chi connectivity index (χ0n) is 10.6. The van der Waals surface area contributed by atoms with E-state index in [2.05, 4.69) is 29.1 Å². The average Bonchev–Trinajstić information content (AvgIpc) is 2.28. The van der Waals surface area contributed by atoms with Crippen LogP contribution in [0.1, 0.15) is 32.3 Å². The van der Waals surface area contributed by atoms with Crippen molar-refractivity contribution in [3.05, 3.63) is 17.0 Å². The summed E-state index contributed by atoms with van der Waals surface area (Å²) in [5.41, 5.74) is 1.10. The van der Waals surface area contributed by atoms with Gasteiger partial charge >= 0.3 is 0 Å². The van der Waals surface area contributed by atoms with Crippen LogP contribution < -0.4 is 5.32 Å². The fourth-order valence-electron chi connectivity index (χ4n) is 1.57. The van der Waals surface area contributed by atoms with E-state index in [1.807, 2.05) is 6.92 Å². The number of aryl methyl sites for hydroxylation is 1. The van der Waals surface area contributed by atoms with E-state index in [1.165, 1.54) is 0 Å². The van der Waals surface area contributed by atoms with Crippen LogP contribution in [0.3, 0.4) is 0 Å². The normalized spacial score (nSPS) is 11.6. The lowest BCUT2D eigenvalue weighted by molar-refractivity contribution is 0.248. The van der Waals surface area contributed by atoms with Crippen LogP contribution in [0.15, 0.2) is 6.20 Å². The van der Waals surface area contributed by atoms with Gasteiger partial charge in [-0.1, -0.05) is 13.8 Å². The van der Waals surface area contributed by atoms with Gasteiger partial charge in [0.2, 0.25) is 5.28 Å². The van der Waals surface area contributed by atoms with Gasteiger partial charge in [-0.2, -0.15) is 0 Å². The summed E-state index contributed by atoms with van der Waals surface area (Å²) in [6.07, 6.45) is 3.49. The van der Waals surface area contributed by atoms with E-state index >= 15 is 0 Å². The van der Waals surface area contributed by atoms with Crippen molar-refractivity contribution >= 4 is 17.4 Å². The summed E-state index contributed by atoms with van der Waals surface area (Å²) in [6.45, 7) is 7.30. The Morgan fingerprint density at radius 2 is 2.18 bits per heavy atom. The topological polar surface area (TPSA) is 58.0 Å². The third-order valence-corrected chi connectivity index (χ3v) is 2.87. The summed E-state index contributed by atoms with van der Waals surface area (Å²) in [5, 5.41) is 12.4. The minimum atomic E-state index is 0.118. The zero-order valence-corrected chi connectivity index (χ0v) is 11.4. The van der Waals surface area contributed by atoms with E-state index in [-0.39, 0.29) is 17.3 Å². The number of aromatic nitrogens is 2. The predicted octanol–water partition coefficient (Wildman–Crippen LogP) is 2.65. The van der Waals surface area contributed by atoms with Crippen molar-refractivity contribution in [2.24, 2.45) is 5.41 Å². The molecule has 0 aliphatic heterocycles. The lowest BCUT2D eigenvalue weighted by atomic mass is 9.88. The van der Waals surface area contributed by atoms with Crippen LogP contribution in [0.5, 0.6) is 0 Å². The smallest absolute Gasteiger partial charge is 0.224 e. The first-order chi connectivity index (χ1) is 7.94. The Labute approximate surface area is 107 Å². The van der Waals surface area contributed by atoms with Gasteiger partial charge in [0.1, 0.15) is 5.82 Å². The van der Waals surface area contributed by atoms with Crippen LogP contribution >= 0.6 is 11.6 Å². The Balaban J connectivity index is 2.57. The highest BCUT2D eigenvalue weighted by molar-refractivity contribution is 6.28. The van der Waals surface area contributed by atoms with Crippen molar-refractivity contribution in [3.8, 4) is 0 Å². The molecule has 0 aliphatic rings. The molecule has 96 valence electrons. The number of anilines is 1. The van der Waals surface area contributed by atoms with Gasteiger partial charge in [0.05, 0.1) is 0 Å². The van der Waals surface area contributed by atoms with Crippen molar-refractivity contribution in [1.29, 1.82) is 0 Å². The molecule has 2 N–H and O–H groups in total. The first-order valence-electron chi connectivity index (χ1n) is 5.78. The number of rotatable bonds is 6. The largest absolute Gasteiger partial charge is 0.396 e. The molecule has 0 saturated carbocycles. The second-order valence-corrected chi connectivity index (χ2v) is 5.35. The number of nitrogens with one attached hydrogen (secondary N) is 1. The van der Waals surface area contributed by atoms with Gasteiger partial charge in [-0.3, -0.25) is 0 Å². The van der Waals surface area contributed by atoms with Crippen LogP contribution in [0.2, 0.25) is 5.28 Å². The van der Waals surface area contributed by atoms with Gasteiger partial charge in [-0.15, -0.1) is 0 Å². The maximum Gasteiger partial charge on any atom is 0.224 e. The van der Waals surface area contributed by atoms with Gasteiger partial charge in [0.15, 0.2) is 0 Å². The predicted molar refractivity (Wildman–Crippen MR) is 70.4 cm³/mol. The summed E-state index contributed by atoms with van der Waals surface area (Å²) >= 11 is 5.76. The highest BCUT2D eigenvalue weighted by atomic mass is 35.5. The van der Waals surface area contributed by atoms with E-state index in [0.29, 0.717) is 0 Å². The molecule has 1 heterocycles. The molecular formula is C12H20ClN3O. The van der Waals surface area contributed by atoms with Crippen LogP contribution in [0.25, 0.3) is 0 Å². The average molecular weight is 258 g/mol. The molecule has 4 nitrogen and oxygen atoms in total. The summed E-state index contributed by atoms with van der Waals surface area (Å²) in [6, 6.07) is 0. The van der Waals surface area contributed by atoms with E-state index < -0.39 is 0 Å². The van der Waals surface area contributed by atoms with Crippen LogP contribution in [0, 0.1) is 12.3 Å². The second-order valence-electron chi connectivity index (χ2n) is 5.02. The van der Waals surface area contributed by atoms with Gasteiger partial charge in [-0.05, 0) is 36.8 Å². The van der Waals surface area contributed by atoms with Crippen molar-refractivity contribution < 1.29 is 5.11 Å². The molecule has 0 aliphatic carbocycles. The van der Waals surface area contributed by atoms with Gasteiger partial charge < -0.3 is 10.4 Å². The molecule has 5 heteroatoms. The SMILES string of the molecule is Cc1cnc(Cl)nc1NCC(C)(C)CCCO. The second kappa shape index (κ2) is 6.17. The summed E-state index contributed by atoms with van der Waals surface area (Å²) in [4.78, 5) is 8.06. The standard InChI is InChI=1S/C12H20ClN3O/c1-9-7-14-11(13)16-10(9)15-8-12(2,3)5-4-6-17/h7,17H,4-6,8H2,1-3H3,(H,14,15,16). The Kier molecular flexibility index (Phi) is 5.15. The van der Waals surface area contributed by atoms with Crippen LogP contribution in [-0.2, 0) is 0 Å². The van der Waals surface area contributed by atoms with Gasteiger partial charge in [0, 0.05) is 24.9 Å². The van der Waals surface area contributed by atoms with Crippen molar-refractivity contribution in [2.75, 3.05) is 18.5 Å².